The van der Waals surface area contributed by atoms with E-state index in [9.17, 15) is 14.4 Å². The van der Waals surface area contributed by atoms with Crippen molar-refractivity contribution < 1.29 is 14.4 Å². The Bertz CT molecular complexity index is 1070. The second-order valence-electron chi connectivity index (χ2n) is 11.0. The van der Waals surface area contributed by atoms with E-state index >= 15 is 0 Å². The number of amides is 2. The van der Waals surface area contributed by atoms with Crippen LogP contribution in [0, 0.1) is 11.8 Å². The molecule has 2 aromatic carbocycles. The number of anilines is 1. The van der Waals surface area contributed by atoms with Gasteiger partial charge in [0, 0.05) is 23.8 Å². The number of hydrogen-bond acceptors (Lipinski definition) is 4. The standard InChI is InChI=1S/C31H41N3O3/c1-22(2)20-27(29(35)21-34-19-11-10-13-23-12-6-9-18-28(23)34)33-31(37)25-16-7-8-17-26(25)32-30(36)24-14-4-3-5-15-24/h3-6,9,12,14-15,18,22,25-27H,7-8,10-11,13,16-17,19-21H2,1-2H3,(H,32,36)(H,33,37)/t25-,26+,27+/m1/s1. The van der Waals surface area contributed by atoms with Crippen LogP contribution in [0.3, 0.4) is 0 Å². The number of nitrogens with zero attached hydrogens (tertiary/aromatic N) is 1. The second kappa shape index (κ2) is 12.9. The third-order valence-corrected chi connectivity index (χ3v) is 7.67. The van der Waals surface area contributed by atoms with E-state index in [1.807, 2.05) is 24.3 Å². The molecule has 6 heteroatoms. The maximum atomic E-state index is 13.6. The predicted molar refractivity (Wildman–Crippen MR) is 148 cm³/mol. The lowest BCUT2D eigenvalue weighted by atomic mass is 9.83. The maximum Gasteiger partial charge on any atom is 0.251 e. The molecule has 0 spiro atoms. The molecule has 1 aliphatic heterocycles. The van der Waals surface area contributed by atoms with Crippen molar-refractivity contribution in [2.45, 2.75) is 77.3 Å². The van der Waals surface area contributed by atoms with Crippen molar-refractivity contribution >= 4 is 23.3 Å². The Hall–Kier alpha value is -3.15. The number of carbonyl (C=O) groups excluding carboxylic acids is 3. The number of benzene rings is 2. The summed E-state index contributed by atoms with van der Waals surface area (Å²) in [6, 6.07) is 16.7. The number of fused-ring (bicyclic) bond motifs is 1. The van der Waals surface area contributed by atoms with E-state index < -0.39 is 6.04 Å². The number of nitrogens with one attached hydrogen (secondary N) is 2. The van der Waals surface area contributed by atoms with Gasteiger partial charge in [0.25, 0.3) is 5.91 Å². The first kappa shape index (κ1) is 26.9. The molecule has 1 aliphatic carbocycles. The first-order valence-corrected chi connectivity index (χ1v) is 13.9. The van der Waals surface area contributed by atoms with E-state index in [4.69, 9.17) is 0 Å². The van der Waals surface area contributed by atoms with Gasteiger partial charge in [0.15, 0.2) is 5.78 Å². The van der Waals surface area contributed by atoms with Crippen molar-refractivity contribution in [2.24, 2.45) is 11.8 Å². The molecular weight excluding hydrogens is 462 g/mol. The summed E-state index contributed by atoms with van der Waals surface area (Å²) in [4.78, 5) is 42.1. The van der Waals surface area contributed by atoms with Gasteiger partial charge in [-0.3, -0.25) is 14.4 Å². The Balaban J connectivity index is 1.44. The zero-order valence-corrected chi connectivity index (χ0v) is 22.2. The van der Waals surface area contributed by atoms with E-state index in [1.165, 1.54) is 5.56 Å². The molecule has 4 rings (SSSR count). The molecule has 37 heavy (non-hydrogen) atoms. The van der Waals surface area contributed by atoms with Gasteiger partial charge in [-0.1, -0.05) is 63.1 Å². The number of Topliss-reactive ketones (excluding diaryl/α,β-unsaturated/α-hetero) is 1. The van der Waals surface area contributed by atoms with Crippen molar-refractivity contribution in [3.05, 3.63) is 65.7 Å². The lowest BCUT2D eigenvalue weighted by Gasteiger charge is -2.33. The number of hydrogen-bond donors (Lipinski definition) is 2. The number of aryl methyl sites for hydroxylation is 1. The molecule has 0 radical (unpaired) electrons. The summed E-state index contributed by atoms with van der Waals surface area (Å²) in [5.74, 6) is -0.277. The molecule has 0 aromatic heterocycles. The highest BCUT2D eigenvalue weighted by Crippen LogP contribution is 2.27. The Morgan fingerprint density at radius 1 is 0.919 bits per heavy atom. The summed E-state index contributed by atoms with van der Waals surface area (Å²) >= 11 is 0. The van der Waals surface area contributed by atoms with E-state index in [0.29, 0.717) is 24.9 Å². The van der Waals surface area contributed by atoms with Crippen molar-refractivity contribution in [1.29, 1.82) is 0 Å². The summed E-state index contributed by atoms with van der Waals surface area (Å²) < 4.78 is 0. The fraction of sp³-hybridized carbons (Fsp3) is 0.516. The quantitative estimate of drug-likeness (QED) is 0.509. The largest absolute Gasteiger partial charge is 0.364 e. The number of ketones is 1. The van der Waals surface area contributed by atoms with Gasteiger partial charge in [0.2, 0.25) is 5.91 Å². The summed E-state index contributed by atoms with van der Waals surface area (Å²) in [7, 11) is 0. The summed E-state index contributed by atoms with van der Waals surface area (Å²) in [6.45, 7) is 5.31. The maximum absolute atomic E-state index is 13.6. The average Bonchev–Trinajstić information content (AvgIpc) is 3.11. The van der Waals surface area contributed by atoms with Gasteiger partial charge in [-0.05, 0) is 68.2 Å². The van der Waals surface area contributed by atoms with Crippen molar-refractivity contribution in [2.75, 3.05) is 18.0 Å². The van der Waals surface area contributed by atoms with Crippen LogP contribution in [0.2, 0.25) is 0 Å². The Morgan fingerprint density at radius 2 is 1.65 bits per heavy atom. The molecule has 1 heterocycles. The van der Waals surface area contributed by atoms with Crippen LogP contribution >= 0.6 is 0 Å². The summed E-state index contributed by atoms with van der Waals surface area (Å²) in [6.07, 6.45) is 7.21. The van der Waals surface area contributed by atoms with Gasteiger partial charge in [-0.25, -0.2) is 0 Å². The topological polar surface area (TPSA) is 78.5 Å². The van der Waals surface area contributed by atoms with Gasteiger partial charge >= 0.3 is 0 Å². The van der Waals surface area contributed by atoms with Crippen molar-refractivity contribution in [3.63, 3.8) is 0 Å². The first-order valence-electron chi connectivity index (χ1n) is 13.9. The molecule has 6 nitrogen and oxygen atoms in total. The highest BCUT2D eigenvalue weighted by Gasteiger charge is 2.35. The minimum atomic E-state index is -0.532. The molecule has 198 valence electrons. The van der Waals surface area contributed by atoms with Gasteiger partial charge in [-0.15, -0.1) is 0 Å². The molecule has 3 atom stereocenters. The highest BCUT2D eigenvalue weighted by atomic mass is 16.2. The van der Waals surface area contributed by atoms with Gasteiger partial charge in [0.05, 0.1) is 18.5 Å². The number of carbonyl (C=O) groups is 3. The zero-order valence-electron chi connectivity index (χ0n) is 22.2. The highest BCUT2D eigenvalue weighted by molar-refractivity contribution is 5.95. The van der Waals surface area contributed by atoms with E-state index in [2.05, 4.69) is 47.6 Å². The normalized spacial score (nSPS) is 20.5. The molecule has 1 saturated carbocycles. The molecule has 2 amide bonds. The third-order valence-electron chi connectivity index (χ3n) is 7.67. The number of rotatable bonds is 9. The van der Waals surface area contributed by atoms with Crippen molar-refractivity contribution in [1.82, 2.24) is 10.6 Å². The monoisotopic (exact) mass is 503 g/mol. The van der Waals surface area contributed by atoms with E-state index in [1.54, 1.807) is 12.1 Å². The van der Waals surface area contributed by atoms with E-state index in [-0.39, 0.29) is 35.5 Å². The lowest BCUT2D eigenvalue weighted by molar-refractivity contribution is -0.131. The lowest BCUT2D eigenvalue weighted by Crippen LogP contribution is -2.53. The van der Waals surface area contributed by atoms with Crippen molar-refractivity contribution in [3.8, 4) is 0 Å². The molecule has 2 aliphatic rings. The summed E-state index contributed by atoms with van der Waals surface area (Å²) in [5, 5.41) is 6.22. The molecule has 2 N–H and O–H groups in total. The predicted octanol–water partition coefficient (Wildman–Crippen LogP) is 4.92. The molecular formula is C31H41N3O3. The molecule has 0 bridgehead atoms. The van der Waals surface area contributed by atoms with E-state index in [0.717, 1.165) is 50.8 Å². The SMILES string of the molecule is CC(C)C[C@H](NC(=O)[C@@H]1CCCC[C@@H]1NC(=O)c1ccccc1)C(=O)CN1CCCCc2ccccc21. The van der Waals surface area contributed by atoms with Crippen LogP contribution in [0.15, 0.2) is 54.6 Å². The average molecular weight is 504 g/mol. The first-order chi connectivity index (χ1) is 17.9. The fourth-order valence-corrected chi connectivity index (χ4v) is 5.71. The third kappa shape index (κ3) is 7.21. The Labute approximate surface area is 221 Å². The van der Waals surface area contributed by atoms with Crippen LogP contribution in [-0.4, -0.2) is 42.8 Å². The van der Waals surface area contributed by atoms with Crippen LogP contribution in [0.4, 0.5) is 5.69 Å². The smallest absolute Gasteiger partial charge is 0.251 e. The van der Waals surface area contributed by atoms with Crippen LogP contribution in [0.5, 0.6) is 0 Å². The molecule has 0 unspecified atom stereocenters. The van der Waals surface area contributed by atoms with Gasteiger partial charge < -0.3 is 15.5 Å². The minimum Gasteiger partial charge on any atom is -0.364 e. The fourth-order valence-electron chi connectivity index (χ4n) is 5.71. The second-order valence-corrected chi connectivity index (χ2v) is 11.0. The van der Waals surface area contributed by atoms with Crippen LogP contribution < -0.4 is 15.5 Å². The summed E-state index contributed by atoms with van der Waals surface area (Å²) in [5.41, 5.74) is 3.02. The zero-order chi connectivity index (χ0) is 26.2. The molecule has 2 aromatic rings. The number of para-hydroxylation sites is 1. The van der Waals surface area contributed by atoms with Crippen LogP contribution in [-0.2, 0) is 16.0 Å². The minimum absolute atomic E-state index is 0.0550. The molecule has 1 fully saturated rings. The molecule has 0 saturated heterocycles. The van der Waals surface area contributed by atoms with Gasteiger partial charge in [0.1, 0.15) is 0 Å². The Kier molecular flexibility index (Phi) is 9.37. The van der Waals surface area contributed by atoms with Gasteiger partial charge in [-0.2, -0.15) is 0 Å². The Morgan fingerprint density at radius 3 is 2.43 bits per heavy atom. The van der Waals surface area contributed by atoms with Crippen LogP contribution in [0.1, 0.15) is 74.7 Å². The van der Waals surface area contributed by atoms with Crippen LogP contribution in [0.25, 0.3) is 0 Å².